The third-order valence-electron chi connectivity index (χ3n) is 4.87. The molecular weight excluding hydrogens is 364 g/mol. The predicted octanol–water partition coefficient (Wildman–Crippen LogP) is 4.66. The van der Waals surface area contributed by atoms with Crippen molar-refractivity contribution >= 4 is 11.6 Å². The molecule has 0 spiro atoms. The molecule has 0 fully saturated rings. The molecule has 0 saturated heterocycles. The summed E-state index contributed by atoms with van der Waals surface area (Å²) in [4.78, 5) is 24.9. The smallest absolute Gasteiger partial charge is 0.162 e. The van der Waals surface area contributed by atoms with Gasteiger partial charge < -0.3 is 10.1 Å². The Bertz CT molecular complexity index is 986. The Balaban J connectivity index is 1.72. The van der Waals surface area contributed by atoms with Gasteiger partial charge in [-0.2, -0.15) is 0 Å². The Morgan fingerprint density at radius 1 is 1.14 bits per heavy atom. The number of aryl methyl sites for hydroxylation is 1. The van der Waals surface area contributed by atoms with Crippen molar-refractivity contribution < 1.29 is 9.53 Å². The highest BCUT2D eigenvalue weighted by atomic mass is 16.5. The van der Waals surface area contributed by atoms with Crippen LogP contribution >= 0.6 is 0 Å². The molecule has 1 unspecified atom stereocenters. The quantitative estimate of drug-likeness (QED) is 0.564. The molecule has 2 aromatic heterocycles. The van der Waals surface area contributed by atoms with E-state index in [-0.39, 0.29) is 11.7 Å². The monoisotopic (exact) mass is 390 g/mol. The summed E-state index contributed by atoms with van der Waals surface area (Å²) in [7, 11) is 1.63. The van der Waals surface area contributed by atoms with Gasteiger partial charge in [0.15, 0.2) is 5.78 Å². The van der Waals surface area contributed by atoms with Gasteiger partial charge in [-0.3, -0.25) is 9.78 Å². The van der Waals surface area contributed by atoms with Gasteiger partial charge in [0.1, 0.15) is 17.9 Å². The largest absolute Gasteiger partial charge is 0.496 e. The first kappa shape index (κ1) is 20.5. The fraction of sp³-hybridized carbons (Fsp3) is 0.304. The van der Waals surface area contributed by atoms with E-state index in [2.05, 4.69) is 27.2 Å². The lowest BCUT2D eigenvalue weighted by Gasteiger charge is -2.17. The fourth-order valence-corrected chi connectivity index (χ4v) is 3.09. The van der Waals surface area contributed by atoms with Crippen LogP contribution in [0.3, 0.4) is 0 Å². The summed E-state index contributed by atoms with van der Waals surface area (Å²) in [6, 6.07) is 11.5. The van der Waals surface area contributed by atoms with E-state index in [0.717, 1.165) is 34.1 Å². The number of carbonyl (C=O) groups is 1. The normalized spacial score (nSPS) is 11.7. The number of benzene rings is 1. The summed E-state index contributed by atoms with van der Waals surface area (Å²) >= 11 is 0. The van der Waals surface area contributed by atoms with Crippen molar-refractivity contribution in [2.75, 3.05) is 19.0 Å². The zero-order valence-corrected chi connectivity index (χ0v) is 17.3. The second kappa shape index (κ2) is 9.28. The van der Waals surface area contributed by atoms with Crippen LogP contribution in [0, 0.1) is 6.92 Å². The van der Waals surface area contributed by atoms with Crippen molar-refractivity contribution in [2.24, 2.45) is 0 Å². The SMILES string of the molecule is CCC(=O)c1ccc(C(C)CNc2cc(-c3ccc(C)nc3)ncn2)c(OC)c1. The maximum absolute atomic E-state index is 12.0. The highest BCUT2D eigenvalue weighted by Crippen LogP contribution is 2.28. The molecule has 1 aromatic carbocycles. The molecule has 3 rings (SSSR count). The molecule has 6 nitrogen and oxygen atoms in total. The van der Waals surface area contributed by atoms with Gasteiger partial charge in [-0.15, -0.1) is 0 Å². The molecule has 2 heterocycles. The maximum Gasteiger partial charge on any atom is 0.162 e. The molecule has 0 bridgehead atoms. The highest BCUT2D eigenvalue weighted by Gasteiger charge is 2.14. The van der Waals surface area contributed by atoms with E-state index in [9.17, 15) is 4.79 Å². The van der Waals surface area contributed by atoms with Gasteiger partial charge in [0, 0.05) is 48.0 Å². The minimum absolute atomic E-state index is 0.111. The van der Waals surface area contributed by atoms with Gasteiger partial charge in [0.05, 0.1) is 12.8 Å². The number of rotatable bonds is 8. The number of pyridine rings is 1. The van der Waals surface area contributed by atoms with Crippen LogP contribution in [0.4, 0.5) is 5.82 Å². The maximum atomic E-state index is 12.0. The zero-order valence-electron chi connectivity index (χ0n) is 17.3. The number of ether oxygens (including phenoxy) is 1. The molecular formula is C23H26N4O2. The van der Waals surface area contributed by atoms with Crippen molar-refractivity contribution in [3.8, 4) is 17.0 Å². The van der Waals surface area contributed by atoms with Gasteiger partial charge in [-0.05, 0) is 30.7 Å². The van der Waals surface area contributed by atoms with E-state index < -0.39 is 0 Å². The summed E-state index contributed by atoms with van der Waals surface area (Å²) < 4.78 is 5.53. The average Bonchev–Trinajstić information content (AvgIpc) is 2.77. The van der Waals surface area contributed by atoms with Crippen molar-refractivity contribution in [3.63, 3.8) is 0 Å². The second-order valence-corrected chi connectivity index (χ2v) is 6.99. The third kappa shape index (κ3) is 4.96. The van der Waals surface area contributed by atoms with Gasteiger partial charge in [0.2, 0.25) is 0 Å². The first-order valence-corrected chi connectivity index (χ1v) is 9.72. The molecule has 150 valence electrons. The number of methoxy groups -OCH3 is 1. The number of hydrogen-bond donors (Lipinski definition) is 1. The lowest BCUT2D eigenvalue weighted by molar-refractivity contribution is 0.0988. The van der Waals surface area contributed by atoms with Crippen molar-refractivity contribution in [1.82, 2.24) is 15.0 Å². The van der Waals surface area contributed by atoms with E-state index >= 15 is 0 Å². The zero-order chi connectivity index (χ0) is 20.8. The second-order valence-electron chi connectivity index (χ2n) is 6.99. The Morgan fingerprint density at radius 2 is 1.97 bits per heavy atom. The predicted molar refractivity (Wildman–Crippen MR) is 115 cm³/mol. The number of nitrogens with one attached hydrogen (secondary N) is 1. The topological polar surface area (TPSA) is 77.0 Å². The van der Waals surface area contributed by atoms with Crippen LogP contribution in [0.2, 0.25) is 0 Å². The first-order valence-electron chi connectivity index (χ1n) is 9.72. The number of nitrogens with zero attached hydrogens (tertiary/aromatic N) is 3. The summed E-state index contributed by atoms with van der Waals surface area (Å²) in [6.45, 7) is 6.59. The molecule has 29 heavy (non-hydrogen) atoms. The molecule has 0 aliphatic carbocycles. The third-order valence-corrected chi connectivity index (χ3v) is 4.87. The summed E-state index contributed by atoms with van der Waals surface area (Å²) in [5.41, 5.74) is 4.47. The molecule has 0 radical (unpaired) electrons. The van der Waals surface area contributed by atoms with E-state index in [4.69, 9.17) is 4.74 Å². The molecule has 0 aliphatic heterocycles. The molecule has 1 N–H and O–H groups in total. The minimum Gasteiger partial charge on any atom is -0.496 e. The minimum atomic E-state index is 0.111. The molecule has 3 aromatic rings. The lowest BCUT2D eigenvalue weighted by Crippen LogP contribution is -2.12. The van der Waals surface area contributed by atoms with Crippen LogP contribution in [0.5, 0.6) is 5.75 Å². The van der Waals surface area contributed by atoms with Crippen molar-refractivity contribution in [2.45, 2.75) is 33.1 Å². The number of hydrogen-bond acceptors (Lipinski definition) is 6. The molecule has 1 atom stereocenters. The van der Waals surface area contributed by atoms with Crippen LogP contribution < -0.4 is 10.1 Å². The van der Waals surface area contributed by atoms with Crippen LogP contribution in [-0.2, 0) is 0 Å². The number of Topliss-reactive ketones (excluding diaryl/α,β-unsaturated/α-hetero) is 1. The molecule has 0 amide bonds. The molecule has 0 aliphatic rings. The fourth-order valence-electron chi connectivity index (χ4n) is 3.09. The Morgan fingerprint density at radius 3 is 2.66 bits per heavy atom. The van der Waals surface area contributed by atoms with Crippen molar-refractivity contribution in [3.05, 3.63) is 65.7 Å². The molecule has 0 saturated carbocycles. The Labute approximate surface area is 171 Å². The van der Waals surface area contributed by atoms with Gasteiger partial charge >= 0.3 is 0 Å². The van der Waals surface area contributed by atoms with Crippen LogP contribution in [0.25, 0.3) is 11.3 Å². The van der Waals surface area contributed by atoms with Gasteiger partial charge in [-0.25, -0.2) is 9.97 Å². The van der Waals surface area contributed by atoms with Crippen molar-refractivity contribution in [1.29, 1.82) is 0 Å². The average molecular weight is 390 g/mol. The lowest BCUT2D eigenvalue weighted by atomic mass is 9.97. The first-order chi connectivity index (χ1) is 14.0. The number of aromatic nitrogens is 3. The summed E-state index contributed by atoms with van der Waals surface area (Å²) in [5.74, 6) is 1.75. The van der Waals surface area contributed by atoms with Crippen LogP contribution in [-0.4, -0.2) is 34.4 Å². The molecule has 6 heteroatoms. The van der Waals surface area contributed by atoms with E-state index in [1.807, 2.05) is 56.4 Å². The Hall–Kier alpha value is -3.28. The standard InChI is InChI=1S/C23H26N4O2/c1-5-21(28)17-8-9-19(22(10-17)29-4)15(2)12-25-23-11-20(26-14-27-23)18-7-6-16(3)24-13-18/h6-11,13-15H,5,12H2,1-4H3,(H,25,26,27). The van der Waals surface area contributed by atoms with E-state index in [1.54, 1.807) is 13.4 Å². The number of carbonyl (C=O) groups excluding carboxylic acids is 1. The number of ketones is 1. The van der Waals surface area contributed by atoms with Crippen LogP contribution in [0.1, 0.15) is 47.8 Å². The Kier molecular flexibility index (Phi) is 6.54. The summed E-state index contributed by atoms with van der Waals surface area (Å²) in [5, 5.41) is 3.37. The van der Waals surface area contributed by atoms with E-state index in [1.165, 1.54) is 0 Å². The highest BCUT2D eigenvalue weighted by molar-refractivity contribution is 5.96. The van der Waals surface area contributed by atoms with Gasteiger partial charge in [-0.1, -0.05) is 26.0 Å². The van der Waals surface area contributed by atoms with E-state index in [0.29, 0.717) is 18.5 Å². The number of anilines is 1. The van der Waals surface area contributed by atoms with Crippen LogP contribution in [0.15, 0.2) is 48.9 Å². The van der Waals surface area contributed by atoms with Gasteiger partial charge in [0.25, 0.3) is 0 Å². The summed E-state index contributed by atoms with van der Waals surface area (Å²) in [6.07, 6.45) is 3.84.